The number of nitrogens with zero attached hydrogens (tertiary/aromatic N) is 2. The summed E-state index contributed by atoms with van der Waals surface area (Å²) in [7, 11) is -1.01. The molecule has 0 fully saturated rings. The van der Waals surface area contributed by atoms with Crippen molar-refractivity contribution in [3.63, 3.8) is 0 Å². The van der Waals surface area contributed by atoms with Gasteiger partial charge in [-0.15, -0.1) is 19.6 Å². The van der Waals surface area contributed by atoms with Gasteiger partial charge >= 0.3 is 8.25 Å². The summed E-state index contributed by atoms with van der Waals surface area (Å²) in [5.74, 6) is 0. The lowest BCUT2D eigenvalue weighted by atomic mass is 10.8. The molecule has 0 bridgehead atoms. The summed E-state index contributed by atoms with van der Waals surface area (Å²) in [4.78, 5) is 8.34. The van der Waals surface area contributed by atoms with E-state index in [0.29, 0.717) is 16.6 Å². The van der Waals surface area contributed by atoms with Crippen LogP contribution in [-0.2, 0) is 27.0 Å². The van der Waals surface area contributed by atoms with Crippen LogP contribution >= 0.6 is 19.6 Å². The summed E-state index contributed by atoms with van der Waals surface area (Å²) in [5.41, 5.74) is 0. The highest BCUT2D eigenvalue weighted by Gasteiger charge is 2.14. The van der Waals surface area contributed by atoms with E-state index in [1.807, 2.05) is 0 Å². The van der Waals surface area contributed by atoms with Crippen LogP contribution in [0.3, 0.4) is 0 Å². The maximum Gasteiger partial charge on any atom is 0.695 e. The molecular formula is C5H8N2O4PS+. The Hall–Kier alpha value is -0.460. The molecule has 1 atom stereocenters. The number of rotatable bonds is 5. The molecule has 8 heteroatoms. The molecule has 1 heterocycles. The summed E-state index contributed by atoms with van der Waals surface area (Å²) in [6.45, 7) is 0.399. The van der Waals surface area contributed by atoms with Gasteiger partial charge in [0.25, 0.3) is 0 Å². The first-order valence-electron chi connectivity index (χ1n) is 3.31. The van der Waals surface area contributed by atoms with Crippen molar-refractivity contribution in [3.8, 4) is 0 Å². The van der Waals surface area contributed by atoms with Crippen molar-refractivity contribution in [2.75, 3.05) is 7.11 Å². The van der Waals surface area contributed by atoms with Crippen LogP contribution in [0.1, 0.15) is 10.0 Å². The predicted molar refractivity (Wildman–Crippen MR) is 45.2 cm³/mol. The molecule has 0 saturated carbocycles. The molecule has 1 unspecified atom stereocenters. The molecule has 0 aliphatic carbocycles. The molecule has 0 amide bonds. The van der Waals surface area contributed by atoms with Crippen LogP contribution < -0.4 is 0 Å². The molecule has 1 N–H and O–H groups in total. The summed E-state index contributed by atoms with van der Waals surface area (Å²) in [5, 5.41) is 8.78. The van der Waals surface area contributed by atoms with E-state index in [9.17, 15) is 4.57 Å². The highest BCUT2D eigenvalue weighted by atomic mass is 32.1. The monoisotopic (exact) mass is 223 g/mol. The molecule has 0 spiro atoms. The van der Waals surface area contributed by atoms with Crippen LogP contribution in [0.4, 0.5) is 0 Å². The quantitative estimate of drug-likeness (QED) is 0.745. The van der Waals surface area contributed by atoms with Crippen molar-refractivity contribution < 1.29 is 18.7 Å². The van der Waals surface area contributed by atoms with Crippen molar-refractivity contribution in [1.29, 1.82) is 0 Å². The lowest BCUT2D eigenvalue weighted by Crippen LogP contribution is -1.85. The normalized spacial score (nSPS) is 11.7. The zero-order chi connectivity index (χ0) is 9.68. The van der Waals surface area contributed by atoms with Gasteiger partial charge in [0.2, 0.25) is 0 Å². The second-order valence-corrected chi connectivity index (χ2v) is 3.91. The largest absolute Gasteiger partial charge is 0.695 e. The lowest BCUT2D eigenvalue weighted by molar-refractivity contribution is 0.184. The Morgan fingerprint density at radius 2 is 2.08 bits per heavy atom. The van der Waals surface area contributed by atoms with Crippen molar-refractivity contribution in [3.05, 3.63) is 10.0 Å². The van der Waals surface area contributed by atoms with Gasteiger partial charge in [0.05, 0.1) is 6.61 Å². The van der Waals surface area contributed by atoms with Crippen molar-refractivity contribution in [2.45, 2.75) is 13.2 Å². The molecule has 0 aliphatic rings. The van der Waals surface area contributed by atoms with Gasteiger partial charge in [-0.25, -0.2) is 0 Å². The Morgan fingerprint density at radius 1 is 1.46 bits per heavy atom. The molecular weight excluding hydrogens is 215 g/mol. The van der Waals surface area contributed by atoms with Gasteiger partial charge in [0.1, 0.15) is 10.0 Å². The van der Waals surface area contributed by atoms with E-state index in [-0.39, 0.29) is 6.61 Å². The van der Waals surface area contributed by atoms with Gasteiger partial charge in [-0.3, -0.25) is 0 Å². The van der Waals surface area contributed by atoms with Crippen LogP contribution in [0.25, 0.3) is 0 Å². The summed E-state index contributed by atoms with van der Waals surface area (Å²) in [6, 6.07) is 0. The average Bonchev–Trinajstić information content (AvgIpc) is 2.50. The minimum atomic E-state index is -2.57. The fourth-order valence-corrected chi connectivity index (χ4v) is 1.69. The van der Waals surface area contributed by atoms with E-state index in [4.69, 9.17) is 9.63 Å². The molecule has 13 heavy (non-hydrogen) atoms. The Balaban J connectivity index is 2.44. The molecule has 1 aromatic rings. The summed E-state index contributed by atoms with van der Waals surface area (Å²) in [6.07, 6.45) is 0. The van der Waals surface area contributed by atoms with Gasteiger partial charge in [0.15, 0.2) is 6.61 Å². The number of ether oxygens (including phenoxy) is 1. The van der Waals surface area contributed by atoms with Crippen molar-refractivity contribution in [1.82, 2.24) is 10.2 Å². The first-order chi connectivity index (χ1) is 6.22. The SMILES string of the molecule is COCc1nnc(CO[P+](=O)O)s1. The zero-order valence-corrected chi connectivity index (χ0v) is 8.55. The Morgan fingerprint density at radius 3 is 2.62 bits per heavy atom. The van der Waals surface area contributed by atoms with Crippen LogP contribution in [0.15, 0.2) is 0 Å². The Bertz CT molecular complexity index is 292. The standard InChI is InChI=1S/C5H7N2O4PS/c1-10-2-4-6-7-5(13-4)3-11-12(8)9/h2-3H2,1H3/p+1. The molecule has 1 aromatic heterocycles. The molecule has 0 aromatic carbocycles. The number of aromatic nitrogens is 2. The van der Waals surface area contributed by atoms with E-state index < -0.39 is 8.25 Å². The molecule has 0 saturated heterocycles. The summed E-state index contributed by atoms with van der Waals surface area (Å²) >= 11 is 1.29. The molecule has 1 rings (SSSR count). The Kier molecular flexibility index (Phi) is 4.34. The lowest BCUT2D eigenvalue weighted by Gasteiger charge is -1.87. The van der Waals surface area contributed by atoms with Crippen molar-refractivity contribution >= 4 is 19.6 Å². The van der Waals surface area contributed by atoms with E-state index in [2.05, 4.69) is 14.7 Å². The average molecular weight is 223 g/mol. The molecule has 6 nitrogen and oxygen atoms in total. The third-order valence-electron chi connectivity index (χ3n) is 1.07. The fraction of sp³-hybridized carbons (Fsp3) is 0.600. The second-order valence-electron chi connectivity index (χ2n) is 2.03. The van der Waals surface area contributed by atoms with Gasteiger partial charge in [-0.2, -0.15) is 0 Å². The van der Waals surface area contributed by atoms with E-state index in [1.165, 1.54) is 11.3 Å². The van der Waals surface area contributed by atoms with Crippen LogP contribution in [0, 0.1) is 0 Å². The minimum absolute atomic E-state index is 0.00703. The first-order valence-corrected chi connectivity index (χ1v) is 5.26. The van der Waals surface area contributed by atoms with E-state index in [0.717, 1.165) is 0 Å². The van der Waals surface area contributed by atoms with Gasteiger partial charge < -0.3 is 4.74 Å². The van der Waals surface area contributed by atoms with Gasteiger partial charge in [0, 0.05) is 11.7 Å². The first kappa shape index (κ1) is 10.6. The molecule has 0 radical (unpaired) electrons. The zero-order valence-electron chi connectivity index (χ0n) is 6.84. The number of hydrogen-bond acceptors (Lipinski definition) is 6. The van der Waals surface area contributed by atoms with E-state index >= 15 is 0 Å². The van der Waals surface area contributed by atoms with Gasteiger partial charge in [-0.05, 0) is 0 Å². The molecule has 72 valence electrons. The fourth-order valence-electron chi connectivity index (χ4n) is 0.639. The van der Waals surface area contributed by atoms with E-state index in [1.54, 1.807) is 7.11 Å². The topological polar surface area (TPSA) is 81.5 Å². The highest BCUT2D eigenvalue weighted by molar-refractivity contribution is 7.32. The Labute approximate surface area is 79.5 Å². The smallest absolute Gasteiger partial charge is 0.377 e. The third-order valence-corrected chi connectivity index (χ3v) is 2.30. The highest BCUT2D eigenvalue weighted by Crippen LogP contribution is 2.19. The van der Waals surface area contributed by atoms with Crippen molar-refractivity contribution in [2.24, 2.45) is 0 Å². The van der Waals surface area contributed by atoms with Crippen LogP contribution in [0.5, 0.6) is 0 Å². The minimum Gasteiger partial charge on any atom is -0.377 e. The maximum absolute atomic E-state index is 10.2. The predicted octanol–water partition coefficient (Wildman–Crippen LogP) is 0.851. The van der Waals surface area contributed by atoms with Crippen LogP contribution in [0.2, 0.25) is 0 Å². The maximum atomic E-state index is 10.2. The second kappa shape index (κ2) is 5.31. The van der Waals surface area contributed by atoms with Gasteiger partial charge in [-0.1, -0.05) is 11.3 Å². The summed E-state index contributed by atoms with van der Waals surface area (Å²) < 4.78 is 19.4. The molecule has 0 aliphatic heterocycles. The number of hydrogen-bond donors (Lipinski definition) is 1. The third kappa shape index (κ3) is 3.84. The number of methoxy groups -OCH3 is 1. The van der Waals surface area contributed by atoms with Crippen LogP contribution in [-0.4, -0.2) is 22.2 Å².